The fraction of sp³-hybridized carbons (Fsp3) is 0.571. The Hall–Kier alpha value is -0.860. The van der Waals surface area contributed by atoms with Gasteiger partial charge in [0.15, 0.2) is 0 Å². The SMILES string of the molecule is COC(C)(C)CC(C)OCc1ccccc1. The van der Waals surface area contributed by atoms with Gasteiger partial charge in [0.25, 0.3) is 0 Å². The van der Waals surface area contributed by atoms with Crippen LogP contribution in [0, 0.1) is 0 Å². The summed E-state index contributed by atoms with van der Waals surface area (Å²) in [6, 6.07) is 10.2. The molecule has 0 saturated heterocycles. The minimum atomic E-state index is -0.115. The lowest BCUT2D eigenvalue weighted by atomic mass is 10.0. The fourth-order valence-corrected chi connectivity index (χ4v) is 1.65. The third-order valence-electron chi connectivity index (χ3n) is 2.71. The highest BCUT2D eigenvalue weighted by Crippen LogP contribution is 2.18. The zero-order valence-electron chi connectivity index (χ0n) is 10.7. The van der Waals surface area contributed by atoms with Crippen LogP contribution in [0.15, 0.2) is 30.3 Å². The summed E-state index contributed by atoms with van der Waals surface area (Å²) in [4.78, 5) is 0. The molecule has 0 amide bonds. The van der Waals surface area contributed by atoms with Crippen molar-refractivity contribution < 1.29 is 9.47 Å². The largest absolute Gasteiger partial charge is 0.379 e. The van der Waals surface area contributed by atoms with Crippen molar-refractivity contribution in [3.8, 4) is 0 Å². The Morgan fingerprint density at radius 3 is 2.38 bits per heavy atom. The molecule has 0 N–H and O–H groups in total. The maximum Gasteiger partial charge on any atom is 0.0720 e. The molecule has 0 aromatic heterocycles. The first-order chi connectivity index (χ1) is 7.53. The van der Waals surface area contributed by atoms with Crippen LogP contribution >= 0.6 is 0 Å². The van der Waals surface area contributed by atoms with Crippen LogP contribution in [0.1, 0.15) is 32.8 Å². The van der Waals surface area contributed by atoms with Crippen LogP contribution in [0.25, 0.3) is 0 Å². The molecule has 1 rings (SSSR count). The van der Waals surface area contributed by atoms with Crippen LogP contribution < -0.4 is 0 Å². The van der Waals surface area contributed by atoms with Crippen molar-refractivity contribution in [1.82, 2.24) is 0 Å². The van der Waals surface area contributed by atoms with Gasteiger partial charge in [0.1, 0.15) is 0 Å². The summed E-state index contributed by atoms with van der Waals surface area (Å²) in [5.41, 5.74) is 1.10. The van der Waals surface area contributed by atoms with Crippen molar-refractivity contribution in [2.24, 2.45) is 0 Å². The summed E-state index contributed by atoms with van der Waals surface area (Å²) in [5.74, 6) is 0. The normalized spacial score (nSPS) is 13.8. The van der Waals surface area contributed by atoms with Gasteiger partial charge in [0, 0.05) is 13.5 Å². The van der Waals surface area contributed by atoms with Gasteiger partial charge in [-0.05, 0) is 26.3 Å². The quantitative estimate of drug-likeness (QED) is 0.734. The molecular weight excluding hydrogens is 200 g/mol. The van der Waals surface area contributed by atoms with E-state index in [-0.39, 0.29) is 11.7 Å². The number of ether oxygens (including phenoxy) is 2. The summed E-state index contributed by atoms with van der Waals surface area (Å²) in [7, 11) is 1.74. The van der Waals surface area contributed by atoms with Crippen molar-refractivity contribution >= 4 is 0 Å². The zero-order chi connectivity index (χ0) is 12.0. The highest BCUT2D eigenvalue weighted by atomic mass is 16.5. The molecule has 0 fully saturated rings. The maximum atomic E-state index is 5.79. The van der Waals surface area contributed by atoms with Crippen LogP contribution in [0.5, 0.6) is 0 Å². The Kier molecular flexibility index (Phi) is 4.97. The molecule has 16 heavy (non-hydrogen) atoms. The molecular formula is C14H22O2. The molecule has 0 saturated carbocycles. The molecule has 0 aliphatic rings. The average molecular weight is 222 g/mol. The lowest BCUT2D eigenvalue weighted by Crippen LogP contribution is -2.28. The lowest BCUT2D eigenvalue weighted by molar-refractivity contribution is -0.0426. The number of rotatable bonds is 6. The van der Waals surface area contributed by atoms with Crippen LogP contribution in [-0.4, -0.2) is 18.8 Å². The van der Waals surface area contributed by atoms with Crippen LogP contribution in [-0.2, 0) is 16.1 Å². The van der Waals surface area contributed by atoms with Crippen molar-refractivity contribution in [3.63, 3.8) is 0 Å². The molecule has 1 aromatic rings. The first kappa shape index (κ1) is 13.2. The summed E-state index contributed by atoms with van der Waals surface area (Å²) in [6.07, 6.45) is 1.10. The number of benzene rings is 1. The summed E-state index contributed by atoms with van der Waals surface area (Å²) in [5, 5.41) is 0. The topological polar surface area (TPSA) is 18.5 Å². The van der Waals surface area contributed by atoms with E-state index in [1.807, 2.05) is 18.2 Å². The van der Waals surface area contributed by atoms with E-state index in [0.717, 1.165) is 6.42 Å². The molecule has 1 atom stereocenters. The Bertz CT molecular complexity index is 293. The minimum Gasteiger partial charge on any atom is -0.379 e. The smallest absolute Gasteiger partial charge is 0.0720 e. The van der Waals surface area contributed by atoms with E-state index in [1.165, 1.54) is 5.56 Å². The van der Waals surface area contributed by atoms with Crippen molar-refractivity contribution in [2.75, 3.05) is 7.11 Å². The summed E-state index contributed by atoms with van der Waals surface area (Å²) >= 11 is 0. The second-order valence-electron chi connectivity index (χ2n) is 4.78. The lowest BCUT2D eigenvalue weighted by Gasteiger charge is -2.26. The molecule has 90 valence electrons. The van der Waals surface area contributed by atoms with Gasteiger partial charge >= 0.3 is 0 Å². The standard InChI is InChI=1S/C14H22O2/c1-12(10-14(2,3)15-4)16-11-13-8-6-5-7-9-13/h5-9,12H,10-11H2,1-4H3. The van der Waals surface area contributed by atoms with E-state index >= 15 is 0 Å². The molecule has 0 bridgehead atoms. The Morgan fingerprint density at radius 2 is 1.81 bits per heavy atom. The third-order valence-corrected chi connectivity index (χ3v) is 2.71. The predicted molar refractivity (Wildman–Crippen MR) is 66.4 cm³/mol. The van der Waals surface area contributed by atoms with Crippen molar-refractivity contribution in [3.05, 3.63) is 35.9 Å². The molecule has 2 nitrogen and oxygen atoms in total. The molecule has 2 heteroatoms. The molecule has 0 spiro atoms. The highest BCUT2D eigenvalue weighted by Gasteiger charge is 2.20. The van der Waals surface area contributed by atoms with Crippen LogP contribution in [0.3, 0.4) is 0 Å². The minimum absolute atomic E-state index is 0.115. The van der Waals surface area contributed by atoms with Gasteiger partial charge < -0.3 is 9.47 Å². The fourth-order valence-electron chi connectivity index (χ4n) is 1.65. The second-order valence-corrected chi connectivity index (χ2v) is 4.78. The van der Waals surface area contributed by atoms with Gasteiger partial charge in [-0.2, -0.15) is 0 Å². The third kappa shape index (κ3) is 4.77. The Labute approximate surface area is 98.6 Å². The van der Waals surface area contributed by atoms with Gasteiger partial charge in [0.05, 0.1) is 18.3 Å². The van der Waals surface area contributed by atoms with E-state index in [2.05, 4.69) is 32.9 Å². The second kappa shape index (κ2) is 6.02. The molecule has 0 aliphatic heterocycles. The van der Waals surface area contributed by atoms with Gasteiger partial charge in [0.2, 0.25) is 0 Å². The summed E-state index contributed by atoms with van der Waals surface area (Å²) in [6.45, 7) is 6.91. The van der Waals surface area contributed by atoms with E-state index < -0.39 is 0 Å². The van der Waals surface area contributed by atoms with Crippen molar-refractivity contribution in [2.45, 2.75) is 45.5 Å². The van der Waals surface area contributed by atoms with Crippen LogP contribution in [0.2, 0.25) is 0 Å². The molecule has 1 aromatic carbocycles. The summed E-state index contributed by atoms with van der Waals surface area (Å²) < 4.78 is 11.2. The Balaban J connectivity index is 2.33. The van der Waals surface area contributed by atoms with E-state index in [4.69, 9.17) is 9.47 Å². The molecule has 1 unspecified atom stereocenters. The number of hydrogen-bond donors (Lipinski definition) is 0. The van der Waals surface area contributed by atoms with Gasteiger partial charge in [-0.15, -0.1) is 0 Å². The van der Waals surface area contributed by atoms with Crippen LogP contribution in [0.4, 0.5) is 0 Å². The number of methoxy groups -OCH3 is 1. The van der Waals surface area contributed by atoms with E-state index in [9.17, 15) is 0 Å². The maximum absolute atomic E-state index is 5.79. The van der Waals surface area contributed by atoms with E-state index in [0.29, 0.717) is 6.61 Å². The van der Waals surface area contributed by atoms with Gasteiger partial charge in [-0.1, -0.05) is 30.3 Å². The van der Waals surface area contributed by atoms with Gasteiger partial charge in [-0.25, -0.2) is 0 Å². The highest BCUT2D eigenvalue weighted by molar-refractivity contribution is 5.13. The molecule has 0 radical (unpaired) electrons. The first-order valence-corrected chi connectivity index (χ1v) is 5.74. The zero-order valence-corrected chi connectivity index (χ0v) is 10.7. The molecule has 0 heterocycles. The van der Waals surface area contributed by atoms with E-state index in [1.54, 1.807) is 7.11 Å². The first-order valence-electron chi connectivity index (χ1n) is 5.74. The number of hydrogen-bond acceptors (Lipinski definition) is 2. The monoisotopic (exact) mass is 222 g/mol. The Morgan fingerprint density at radius 1 is 1.19 bits per heavy atom. The van der Waals surface area contributed by atoms with Gasteiger partial charge in [-0.3, -0.25) is 0 Å². The predicted octanol–water partition coefficient (Wildman–Crippen LogP) is 3.41. The molecule has 0 aliphatic carbocycles. The average Bonchev–Trinajstić information content (AvgIpc) is 2.27. The van der Waals surface area contributed by atoms with Crippen molar-refractivity contribution in [1.29, 1.82) is 0 Å².